The molecule has 0 saturated heterocycles. The van der Waals surface area contributed by atoms with Crippen molar-refractivity contribution in [2.24, 2.45) is 0 Å². The molecule has 0 aliphatic carbocycles. The van der Waals surface area contributed by atoms with Crippen LogP contribution in [0.15, 0.2) is 60.7 Å². The van der Waals surface area contributed by atoms with E-state index in [1.807, 2.05) is 0 Å². The Morgan fingerprint density at radius 1 is 0.781 bits per heavy atom. The first kappa shape index (κ1) is 22.7. The van der Waals surface area contributed by atoms with Gasteiger partial charge in [0.05, 0.1) is 16.8 Å². The summed E-state index contributed by atoms with van der Waals surface area (Å²) in [5.74, 6) is -2.38. The summed E-state index contributed by atoms with van der Waals surface area (Å²) in [7, 11) is 0. The molecule has 0 atom stereocenters. The van der Waals surface area contributed by atoms with Crippen LogP contribution in [0.3, 0.4) is 0 Å². The summed E-state index contributed by atoms with van der Waals surface area (Å²) in [5, 5.41) is 6.73. The van der Waals surface area contributed by atoms with Gasteiger partial charge in [0, 0.05) is 11.4 Å². The maximum Gasteiger partial charge on any atom is 0.416 e. The average molecular weight is 449 g/mol. The average Bonchev–Trinajstić information content (AvgIpc) is 2.71. The first-order valence-electron chi connectivity index (χ1n) is 9.15. The molecule has 32 heavy (non-hydrogen) atoms. The van der Waals surface area contributed by atoms with Crippen molar-refractivity contribution < 1.29 is 31.5 Å². The molecule has 0 radical (unpaired) electrons. The Balaban J connectivity index is 1.73. The second-order valence-electron chi connectivity index (χ2n) is 6.79. The summed E-state index contributed by atoms with van der Waals surface area (Å²) < 4.78 is 66.4. The molecule has 3 N–H and O–H groups in total. The van der Waals surface area contributed by atoms with Crippen LogP contribution in [0.1, 0.15) is 21.5 Å². The Kier molecular flexibility index (Phi) is 6.42. The van der Waals surface area contributed by atoms with E-state index in [4.69, 9.17) is 0 Å². The quantitative estimate of drug-likeness (QED) is 0.416. The SMILES string of the molecule is Cc1ccc(F)c(C(=O)Nc2ccc(F)c(NC(=O)Nc3cccc(C(F)(F)F)c3)c2)c1. The molecule has 0 aliphatic rings. The van der Waals surface area contributed by atoms with Crippen LogP contribution in [0, 0.1) is 18.6 Å². The maximum absolute atomic E-state index is 14.1. The van der Waals surface area contributed by atoms with E-state index >= 15 is 0 Å². The monoisotopic (exact) mass is 449 g/mol. The number of urea groups is 1. The number of aryl methyl sites for hydroxylation is 1. The summed E-state index contributed by atoms with van der Waals surface area (Å²) in [5.41, 5.74) is -0.967. The highest BCUT2D eigenvalue weighted by Crippen LogP contribution is 2.30. The van der Waals surface area contributed by atoms with Gasteiger partial charge in [-0.3, -0.25) is 4.79 Å². The number of halogens is 5. The van der Waals surface area contributed by atoms with Gasteiger partial charge in [-0.15, -0.1) is 0 Å². The van der Waals surface area contributed by atoms with Gasteiger partial charge >= 0.3 is 12.2 Å². The van der Waals surface area contributed by atoms with Crippen LogP contribution in [0.4, 0.5) is 43.8 Å². The van der Waals surface area contributed by atoms with E-state index in [2.05, 4.69) is 16.0 Å². The number of amides is 3. The third-order valence-electron chi connectivity index (χ3n) is 4.29. The summed E-state index contributed by atoms with van der Waals surface area (Å²) in [6.45, 7) is 1.68. The standard InChI is InChI=1S/C22H16F5N3O2/c1-12-5-7-17(23)16(9-12)20(31)28-15-6-8-18(24)19(11-15)30-21(32)29-14-4-2-3-13(10-14)22(25,26)27/h2-11H,1H3,(H,28,31)(H2,29,30,32). The molecule has 0 aromatic heterocycles. The van der Waals surface area contributed by atoms with Gasteiger partial charge in [0.15, 0.2) is 0 Å². The van der Waals surface area contributed by atoms with Gasteiger partial charge in [0.1, 0.15) is 11.6 Å². The van der Waals surface area contributed by atoms with Crippen LogP contribution in [0.2, 0.25) is 0 Å². The minimum Gasteiger partial charge on any atom is -0.322 e. The van der Waals surface area contributed by atoms with Crippen molar-refractivity contribution in [1.82, 2.24) is 0 Å². The van der Waals surface area contributed by atoms with Crippen LogP contribution < -0.4 is 16.0 Å². The van der Waals surface area contributed by atoms with Crippen molar-refractivity contribution in [3.8, 4) is 0 Å². The Bertz CT molecular complexity index is 1180. The lowest BCUT2D eigenvalue weighted by Crippen LogP contribution is -2.21. The predicted molar refractivity (Wildman–Crippen MR) is 110 cm³/mol. The molecular weight excluding hydrogens is 433 g/mol. The molecule has 0 spiro atoms. The van der Waals surface area contributed by atoms with E-state index in [-0.39, 0.29) is 22.6 Å². The van der Waals surface area contributed by atoms with Crippen molar-refractivity contribution in [1.29, 1.82) is 0 Å². The maximum atomic E-state index is 14.1. The second kappa shape index (κ2) is 9.04. The van der Waals surface area contributed by atoms with Gasteiger partial charge < -0.3 is 16.0 Å². The zero-order valence-electron chi connectivity index (χ0n) is 16.5. The number of hydrogen-bond donors (Lipinski definition) is 3. The van der Waals surface area contributed by atoms with Crippen molar-refractivity contribution in [3.63, 3.8) is 0 Å². The highest BCUT2D eigenvalue weighted by Gasteiger charge is 2.30. The van der Waals surface area contributed by atoms with Gasteiger partial charge in [0.2, 0.25) is 0 Å². The zero-order chi connectivity index (χ0) is 23.5. The second-order valence-corrected chi connectivity index (χ2v) is 6.79. The summed E-state index contributed by atoms with van der Waals surface area (Å²) in [6.07, 6.45) is -4.59. The number of carbonyl (C=O) groups excluding carboxylic acids is 2. The van der Waals surface area contributed by atoms with Crippen LogP contribution in [-0.2, 0) is 6.18 Å². The first-order chi connectivity index (χ1) is 15.0. The minimum absolute atomic E-state index is 0.0617. The molecule has 3 aromatic carbocycles. The lowest BCUT2D eigenvalue weighted by atomic mass is 10.1. The topological polar surface area (TPSA) is 70.2 Å². The Morgan fingerprint density at radius 2 is 1.47 bits per heavy atom. The van der Waals surface area contributed by atoms with Crippen molar-refractivity contribution in [2.75, 3.05) is 16.0 Å². The van der Waals surface area contributed by atoms with Gasteiger partial charge in [0.25, 0.3) is 5.91 Å². The molecule has 166 valence electrons. The molecule has 0 fully saturated rings. The molecule has 0 unspecified atom stereocenters. The van der Waals surface area contributed by atoms with Crippen LogP contribution in [0.25, 0.3) is 0 Å². The van der Waals surface area contributed by atoms with Gasteiger partial charge in [-0.2, -0.15) is 13.2 Å². The van der Waals surface area contributed by atoms with Crippen LogP contribution >= 0.6 is 0 Å². The molecule has 5 nitrogen and oxygen atoms in total. The van der Waals surface area contributed by atoms with Crippen LogP contribution in [0.5, 0.6) is 0 Å². The Hall–Kier alpha value is -3.95. The number of alkyl halides is 3. The van der Waals surface area contributed by atoms with Gasteiger partial charge in [-0.05, 0) is 55.5 Å². The Labute approximate surface area is 179 Å². The third kappa shape index (κ3) is 5.60. The van der Waals surface area contributed by atoms with E-state index in [0.29, 0.717) is 5.56 Å². The number of benzene rings is 3. The summed E-state index contributed by atoms with van der Waals surface area (Å²) in [6, 6.07) is 10.1. The van der Waals surface area contributed by atoms with Crippen molar-refractivity contribution >= 4 is 29.0 Å². The lowest BCUT2D eigenvalue weighted by Gasteiger charge is -2.12. The van der Waals surface area contributed by atoms with E-state index < -0.39 is 35.3 Å². The first-order valence-corrected chi connectivity index (χ1v) is 9.15. The highest BCUT2D eigenvalue weighted by molar-refractivity contribution is 6.05. The fraction of sp³-hybridized carbons (Fsp3) is 0.0909. The fourth-order valence-corrected chi connectivity index (χ4v) is 2.77. The summed E-state index contributed by atoms with van der Waals surface area (Å²) in [4.78, 5) is 24.4. The molecule has 3 rings (SSSR count). The van der Waals surface area contributed by atoms with E-state index in [1.165, 1.54) is 24.3 Å². The van der Waals surface area contributed by atoms with Gasteiger partial charge in [-0.1, -0.05) is 17.7 Å². The largest absolute Gasteiger partial charge is 0.416 e. The minimum atomic E-state index is -4.59. The molecule has 0 aliphatic heterocycles. The molecule has 10 heteroatoms. The van der Waals surface area contributed by atoms with E-state index in [1.54, 1.807) is 6.92 Å². The van der Waals surface area contributed by atoms with Crippen LogP contribution in [-0.4, -0.2) is 11.9 Å². The molecule has 0 saturated carbocycles. The fourth-order valence-electron chi connectivity index (χ4n) is 2.77. The molecule has 3 aromatic rings. The van der Waals surface area contributed by atoms with Crippen molar-refractivity contribution in [2.45, 2.75) is 13.1 Å². The van der Waals surface area contributed by atoms with E-state index in [0.717, 1.165) is 36.4 Å². The molecule has 3 amide bonds. The number of anilines is 3. The van der Waals surface area contributed by atoms with Crippen molar-refractivity contribution in [3.05, 3.63) is 89.0 Å². The highest BCUT2D eigenvalue weighted by atomic mass is 19.4. The zero-order valence-corrected chi connectivity index (χ0v) is 16.5. The summed E-state index contributed by atoms with van der Waals surface area (Å²) >= 11 is 0. The smallest absolute Gasteiger partial charge is 0.322 e. The molecule has 0 bridgehead atoms. The molecule has 0 heterocycles. The number of carbonyl (C=O) groups is 2. The predicted octanol–water partition coefficient (Wildman–Crippen LogP) is 6.19. The number of nitrogens with one attached hydrogen (secondary N) is 3. The number of rotatable bonds is 4. The lowest BCUT2D eigenvalue weighted by molar-refractivity contribution is -0.137. The van der Waals surface area contributed by atoms with Gasteiger partial charge in [-0.25, -0.2) is 13.6 Å². The third-order valence-corrected chi connectivity index (χ3v) is 4.29. The van der Waals surface area contributed by atoms with E-state index in [9.17, 15) is 31.5 Å². The Morgan fingerprint density at radius 3 is 2.19 bits per heavy atom. The molecular formula is C22H16F5N3O2. The normalized spacial score (nSPS) is 11.1. The number of hydrogen-bond acceptors (Lipinski definition) is 2.